The number of aryl methyl sites for hydroxylation is 2. The molecular formula is C24H19N3O2S. The van der Waals surface area contributed by atoms with Crippen molar-refractivity contribution < 1.29 is 9.90 Å². The Balaban J connectivity index is 1.50. The Morgan fingerprint density at radius 1 is 1.10 bits per heavy atom. The third kappa shape index (κ3) is 3.19. The van der Waals surface area contributed by atoms with Gasteiger partial charge in [-0.3, -0.25) is 9.67 Å². The van der Waals surface area contributed by atoms with E-state index in [-0.39, 0.29) is 0 Å². The molecule has 1 N–H and O–H groups in total. The first-order valence-corrected chi connectivity index (χ1v) is 10.4. The van der Waals surface area contributed by atoms with Crippen molar-refractivity contribution in [3.8, 4) is 0 Å². The molecule has 0 amide bonds. The summed E-state index contributed by atoms with van der Waals surface area (Å²) < 4.78 is 1.88. The van der Waals surface area contributed by atoms with Crippen molar-refractivity contribution in [1.82, 2.24) is 14.8 Å². The van der Waals surface area contributed by atoms with Crippen LogP contribution in [0.4, 0.5) is 0 Å². The van der Waals surface area contributed by atoms with Gasteiger partial charge in [0.1, 0.15) is 0 Å². The molecule has 30 heavy (non-hydrogen) atoms. The lowest BCUT2D eigenvalue weighted by Crippen LogP contribution is -2.04. The highest BCUT2D eigenvalue weighted by Gasteiger charge is 2.24. The molecule has 5 rings (SSSR count). The first-order valence-electron chi connectivity index (χ1n) is 9.63. The highest BCUT2D eigenvalue weighted by molar-refractivity contribution is 7.99. The van der Waals surface area contributed by atoms with Gasteiger partial charge in [-0.2, -0.15) is 5.10 Å². The van der Waals surface area contributed by atoms with Crippen LogP contribution in [0.2, 0.25) is 0 Å². The number of carbonyl (C=O) groups is 1. The minimum Gasteiger partial charge on any atom is -0.478 e. The third-order valence-corrected chi connectivity index (χ3v) is 6.36. The van der Waals surface area contributed by atoms with E-state index >= 15 is 0 Å². The van der Waals surface area contributed by atoms with Gasteiger partial charge < -0.3 is 5.11 Å². The molecule has 0 bridgehead atoms. The summed E-state index contributed by atoms with van der Waals surface area (Å²) in [6, 6.07) is 16.4. The number of nitrogens with zero attached hydrogens (tertiary/aromatic N) is 3. The molecule has 0 fully saturated rings. The standard InChI is InChI=1S/C24H19N3O2S/c1-14-3-5-16(6-4-14)30-17-7-8-19-22(13-17)26-27(2)23(19)15-11-20-18(24(28)29)9-10-25-21(20)12-15/h3-10,12-13H,11H2,1-2H3,(H,28,29). The molecule has 1 aliphatic rings. The summed E-state index contributed by atoms with van der Waals surface area (Å²) in [5.41, 5.74) is 6.02. The van der Waals surface area contributed by atoms with Crippen LogP contribution in [-0.2, 0) is 13.5 Å². The maximum Gasteiger partial charge on any atom is 0.336 e. The summed E-state index contributed by atoms with van der Waals surface area (Å²) in [5.74, 6) is -0.920. The van der Waals surface area contributed by atoms with E-state index in [1.165, 1.54) is 10.5 Å². The predicted molar refractivity (Wildman–Crippen MR) is 119 cm³/mol. The van der Waals surface area contributed by atoms with Crippen LogP contribution < -0.4 is 0 Å². The number of pyridine rings is 1. The SMILES string of the molecule is Cc1ccc(Sc2ccc3c(C4=Cc5nccc(C(=O)O)c5C4)n(C)nc3c2)cc1. The maximum absolute atomic E-state index is 11.6. The second-order valence-electron chi connectivity index (χ2n) is 7.44. The molecule has 0 spiro atoms. The van der Waals surface area contributed by atoms with Crippen molar-refractivity contribution in [3.05, 3.63) is 82.8 Å². The van der Waals surface area contributed by atoms with E-state index in [9.17, 15) is 9.90 Å². The van der Waals surface area contributed by atoms with Gasteiger partial charge in [-0.05, 0) is 60.5 Å². The first kappa shape index (κ1) is 18.6. The molecule has 0 atom stereocenters. The van der Waals surface area contributed by atoms with E-state index in [4.69, 9.17) is 5.10 Å². The Morgan fingerprint density at radius 2 is 1.87 bits per heavy atom. The Kier molecular flexibility index (Phi) is 4.44. The number of rotatable bonds is 4. The zero-order valence-corrected chi connectivity index (χ0v) is 17.4. The lowest BCUT2D eigenvalue weighted by Gasteiger charge is -2.06. The largest absolute Gasteiger partial charge is 0.478 e. The fourth-order valence-corrected chi connectivity index (χ4v) is 4.80. The number of carboxylic acid groups (broad SMARTS) is 1. The molecule has 0 unspecified atom stereocenters. The van der Waals surface area contributed by atoms with Gasteiger partial charge in [0.25, 0.3) is 0 Å². The van der Waals surface area contributed by atoms with E-state index < -0.39 is 5.97 Å². The summed E-state index contributed by atoms with van der Waals surface area (Å²) in [4.78, 5) is 18.3. The third-order valence-electron chi connectivity index (χ3n) is 5.36. The van der Waals surface area contributed by atoms with Crippen LogP contribution in [0.5, 0.6) is 0 Å². The second-order valence-corrected chi connectivity index (χ2v) is 8.59. The molecule has 1 aliphatic carbocycles. The Labute approximate surface area is 178 Å². The minimum absolute atomic E-state index is 0.314. The zero-order chi connectivity index (χ0) is 20.8. The van der Waals surface area contributed by atoms with Crippen LogP contribution in [0.1, 0.15) is 32.9 Å². The molecule has 2 aromatic carbocycles. The number of benzene rings is 2. The summed E-state index contributed by atoms with van der Waals surface area (Å²) >= 11 is 1.71. The lowest BCUT2D eigenvalue weighted by atomic mass is 10.0. The van der Waals surface area contributed by atoms with Crippen LogP contribution in [0.15, 0.2) is 64.5 Å². The van der Waals surface area contributed by atoms with Gasteiger partial charge in [-0.25, -0.2) is 4.79 Å². The topological polar surface area (TPSA) is 68.0 Å². The first-order chi connectivity index (χ1) is 14.5. The molecule has 0 saturated carbocycles. The minimum atomic E-state index is -0.920. The zero-order valence-electron chi connectivity index (χ0n) is 16.6. The van der Waals surface area contributed by atoms with Gasteiger partial charge in [-0.15, -0.1) is 0 Å². The quantitative estimate of drug-likeness (QED) is 0.497. The molecule has 0 saturated heterocycles. The van der Waals surface area contributed by atoms with Crippen molar-refractivity contribution in [2.75, 3.05) is 0 Å². The average molecular weight is 414 g/mol. The normalized spacial score (nSPS) is 12.8. The Bertz CT molecular complexity index is 1340. The van der Waals surface area contributed by atoms with Crippen molar-refractivity contribution in [2.45, 2.75) is 23.1 Å². The van der Waals surface area contributed by atoms with E-state index in [2.05, 4.69) is 54.4 Å². The molecule has 0 radical (unpaired) electrons. The molecule has 6 heteroatoms. The summed E-state index contributed by atoms with van der Waals surface area (Å²) in [5, 5.41) is 15.3. The molecule has 5 nitrogen and oxygen atoms in total. The number of fused-ring (bicyclic) bond motifs is 2. The predicted octanol–water partition coefficient (Wildman–Crippen LogP) is 5.22. The maximum atomic E-state index is 11.6. The number of carboxylic acids is 1. The summed E-state index contributed by atoms with van der Waals surface area (Å²) in [6.45, 7) is 2.08. The highest BCUT2D eigenvalue weighted by Crippen LogP contribution is 2.37. The summed E-state index contributed by atoms with van der Waals surface area (Å²) in [7, 11) is 1.93. The highest BCUT2D eigenvalue weighted by atomic mass is 32.2. The summed E-state index contributed by atoms with van der Waals surface area (Å²) in [6.07, 6.45) is 4.07. The van der Waals surface area contributed by atoms with Gasteiger partial charge in [0, 0.05) is 34.8 Å². The van der Waals surface area contributed by atoms with Gasteiger partial charge in [0.2, 0.25) is 0 Å². The van der Waals surface area contributed by atoms with Crippen molar-refractivity contribution in [1.29, 1.82) is 0 Å². The van der Waals surface area contributed by atoms with Crippen LogP contribution in [0, 0.1) is 6.92 Å². The molecule has 2 heterocycles. The van der Waals surface area contributed by atoms with Crippen molar-refractivity contribution in [3.63, 3.8) is 0 Å². The van der Waals surface area contributed by atoms with E-state index in [0.29, 0.717) is 12.0 Å². The fourth-order valence-electron chi connectivity index (χ4n) is 3.94. The van der Waals surface area contributed by atoms with Crippen molar-refractivity contribution in [2.24, 2.45) is 7.05 Å². The molecule has 2 aromatic heterocycles. The number of hydrogen-bond donors (Lipinski definition) is 1. The van der Waals surface area contributed by atoms with Gasteiger partial charge in [0.15, 0.2) is 0 Å². The van der Waals surface area contributed by atoms with Gasteiger partial charge >= 0.3 is 5.97 Å². The van der Waals surface area contributed by atoms with Crippen LogP contribution in [-0.4, -0.2) is 25.8 Å². The van der Waals surface area contributed by atoms with Crippen LogP contribution in [0.25, 0.3) is 22.6 Å². The number of aromatic nitrogens is 3. The van der Waals surface area contributed by atoms with E-state index in [0.717, 1.165) is 38.3 Å². The fraction of sp³-hybridized carbons (Fsp3) is 0.125. The van der Waals surface area contributed by atoms with E-state index in [1.807, 2.05) is 17.8 Å². The number of aromatic carboxylic acids is 1. The second kappa shape index (κ2) is 7.15. The molecule has 148 valence electrons. The van der Waals surface area contributed by atoms with Crippen LogP contribution >= 0.6 is 11.8 Å². The molecular weight excluding hydrogens is 394 g/mol. The number of hydrogen-bond acceptors (Lipinski definition) is 4. The van der Waals surface area contributed by atoms with Gasteiger partial charge in [-0.1, -0.05) is 29.5 Å². The monoisotopic (exact) mass is 413 g/mol. The smallest absolute Gasteiger partial charge is 0.336 e. The van der Waals surface area contributed by atoms with E-state index in [1.54, 1.807) is 24.0 Å². The Morgan fingerprint density at radius 3 is 2.63 bits per heavy atom. The molecule has 4 aromatic rings. The number of allylic oxidation sites excluding steroid dienone is 1. The van der Waals surface area contributed by atoms with Crippen molar-refractivity contribution >= 4 is 40.3 Å². The molecule has 0 aliphatic heterocycles. The van der Waals surface area contributed by atoms with Gasteiger partial charge in [0.05, 0.1) is 22.5 Å². The lowest BCUT2D eigenvalue weighted by molar-refractivity contribution is 0.0695. The Hall–Kier alpha value is -3.38. The van der Waals surface area contributed by atoms with Crippen LogP contribution in [0.3, 0.4) is 0 Å². The average Bonchev–Trinajstić information content (AvgIpc) is 3.28.